The molecular weight excluding hydrogens is 198 g/mol. The molecule has 2 nitrogen and oxygen atoms in total. The van der Waals surface area contributed by atoms with Crippen LogP contribution < -0.4 is 5.32 Å². The van der Waals surface area contributed by atoms with E-state index in [2.05, 4.69) is 19.2 Å². The Bertz CT molecular complexity index is 164. The Morgan fingerprint density at radius 3 is 2.44 bits per heavy atom. The summed E-state index contributed by atoms with van der Waals surface area (Å²) < 4.78 is 5.98. The second-order valence-corrected chi connectivity index (χ2v) is 5.08. The predicted molar refractivity (Wildman–Crippen MR) is 69.8 cm³/mol. The summed E-state index contributed by atoms with van der Waals surface area (Å²) in [5.74, 6) is 0. The van der Waals surface area contributed by atoms with Crippen molar-refractivity contribution in [3.63, 3.8) is 0 Å². The molecule has 0 aliphatic carbocycles. The molecule has 0 bridgehead atoms. The van der Waals surface area contributed by atoms with Crippen molar-refractivity contribution in [3.05, 3.63) is 0 Å². The van der Waals surface area contributed by atoms with Crippen LogP contribution in [0.5, 0.6) is 0 Å². The molecule has 1 atom stereocenters. The first-order chi connectivity index (χ1) is 7.83. The van der Waals surface area contributed by atoms with Gasteiger partial charge in [-0.05, 0) is 12.8 Å². The molecule has 0 radical (unpaired) electrons. The van der Waals surface area contributed by atoms with Crippen molar-refractivity contribution in [2.24, 2.45) is 0 Å². The molecule has 0 aromatic heterocycles. The van der Waals surface area contributed by atoms with Gasteiger partial charge in [0.05, 0.1) is 12.2 Å². The van der Waals surface area contributed by atoms with E-state index in [4.69, 9.17) is 4.74 Å². The third kappa shape index (κ3) is 4.84. The lowest BCUT2D eigenvalue weighted by atomic mass is 9.91. The van der Waals surface area contributed by atoms with E-state index in [0.717, 1.165) is 26.1 Å². The summed E-state index contributed by atoms with van der Waals surface area (Å²) in [5.41, 5.74) is 0.156. The standard InChI is InChI=1S/C14H29NO/c1-3-5-6-7-8-9-10-14(4-2)13-15-11-12-16-14/h15H,3-13H2,1-2H3. The molecule has 96 valence electrons. The monoisotopic (exact) mass is 227 g/mol. The summed E-state index contributed by atoms with van der Waals surface area (Å²) in [6.45, 7) is 7.50. The number of hydrogen-bond donors (Lipinski definition) is 1. The Morgan fingerprint density at radius 1 is 1.06 bits per heavy atom. The van der Waals surface area contributed by atoms with Crippen molar-refractivity contribution < 1.29 is 4.74 Å². The van der Waals surface area contributed by atoms with Crippen LogP contribution in [0.4, 0.5) is 0 Å². The Balaban J connectivity index is 2.08. The highest BCUT2D eigenvalue weighted by Crippen LogP contribution is 2.25. The van der Waals surface area contributed by atoms with E-state index >= 15 is 0 Å². The normalized spacial score (nSPS) is 25.9. The first-order valence-corrected chi connectivity index (χ1v) is 7.17. The summed E-state index contributed by atoms with van der Waals surface area (Å²) >= 11 is 0. The van der Waals surface area contributed by atoms with E-state index in [-0.39, 0.29) is 5.60 Å². The van der Waals surface area contributed by atoms with Crippen LogP contribution in [0.15, 0.2) is 0 Å². The summed E-state index contributed by atoms with van der Waals surface area (Å²) in [6.07, 6.45) is 10.7. The highest BCUT2D eigenvalue weighted by atomic mass is 16.5. The van der Waals surface area contributed by atoms with Crippen LogP contribution >= 0.6 is 0 Å². The molecule has 0 spiro atoms. The summed E-state index contributed by atoms with van der Waals surface area (Å²) in [6, 6.07) is 0. The highest BCUT2D eigenvalue weighted by Gasteiger charge is 2.30. The largest absolute Gasteiger partial charge is 0.372 e. The quantitative estimate of drug-likeness (QED) is 0.641. The molecule has 0 aromatic carbocycles. The van der Waals surface area contributed by atoms with Gasteiger partial charge in [-0.1, -0.05) is 52.4 Å². The maximum atomic E-state index is 5.98. The topological polar surface area (TPSA) is 21.3 Å². The lowest BCUT2D eigenvalue weighted by Crippen LogP contribution is -2.49. The van der Waals surface area contributed by atoms with Gasteiger partial charge in [-0.25, -0.2) is 0 Å². The van der Waals surface area contributed by atoms with Crippen LogP contribution in [0.2, 0.25) is 0 Å². The minimum Gasteiger partial charge on any atom is -0.372 e. The number of rotatable bonds is 8. The van der Waals surface area contributed by atoms with Gasteiger partial charge >= 0.3 is 0 Å². The molecule has 1 fully saturated rings. The van der Waals surface area contributed by atoms with Gasteiger partial charge in [-0.15, -0.1) is 0 Å². The average Bonchev–Trinajstić information content (AvgIpc) is 2.35. The molecule has 0 aromatic rings. The van der Waals surface area contributed by atoms with Gasteiger partial charge in [-0.3, -0.25) is 0 Å². The molecule has 2 heteroatoms. The van der Waals surface area contributed by atoms with Crippen molar-refractivity contribution in [1.29, 1.82) is 0 Å². The Kier molecular flexibility index (Phi) is 7.06. The summed E-state index contributed by atoms with van der Waals surface area (Å²) in [4.78, 5) is 0. The molecule has 1 N–H and O–H groups in total. The maximum absolute atomic E-state index is 5.98. The number of hydrogen-bond acceptors (Lipinski definition) is 2. The fourth-order valence-electron chi connectivity index (χ4n) is 2.50. The van der Waals surface area contributed by atoms with Gasteiger partial charge in [0.15, 0.2) is 0 Å². The molecule has 1 rings (SSSR count). The third-order valence-corrected chi connectivity index (χ3v) is 3.76. The first kappa shape index (κ1) is 14.0. The second-order valence-electron chi connectivity index (χ2n) is 5.08. The van der Waals surface area contributed by atoms with Gasteiger partial charge in [0.25, 0.3) is 0 Å². The van der Waals surface area contributed by atoms with E-state index in [1.807, 2.05) is 0 Å². The zero-order valence-corrected chi connectivity index (χ0v) is 11.2. The van der Waals surface area contributed by atoms with Crippen molar-refractivity contribution in [2.75, 3.05) is 19.7 Å². The van der Waals surface area contributed by atoms with Gasteiger partial charge in [-0.2, -0.15) is 0 Å². The van der Waals surface area contributed by atoms with Crippen molar-refractivity contribution in [2.45, 2.75) is 70.8 Å². The van der Waals surface area contributed by atoms with Crippen LogP contribution in [0.3, 0.4) is 0 Å². The maximum Gasteiger partial charge on any atom is 0.0804 e. The van der Waals surface area contributed by atoms with E-state index < -0.39 is 0 Å². The lowest BCUT2D eigenvalue weighted by Gasteiger charge is -2.37. The SMILES string of the molecule is CCCCCCCCC1(CC)CNCCO1. The summed E-state index contributed by atoms with van der Waals surface area (Å²) in [5, 5.41) is 3.46. The van der Waals surface area contributed by atoms with E-state index in [1.54, 1.807) is 0 Å². The van der Waals surface area contributed by atoms with Crippen LogP contribution in [0.25, 0.3) is 0 Å². The first-order valence-electron chi connectivity index (χ1n) is 7.17. The van der Waals surface area contributed by atoms with Gasteiger partial charge in [0, 0.05) is 13.1 Å². The second kappa shape index (κ2) is 8.08. The van der Waals surface area contributed by atoms with Crippen LogP contribution in [0.1, 0.15) is 65.2 Å². The summed E-state index contributed by atoms with van der Waals surface area (Å²) in [7, 11) is 0. The third-order valence-electron chi connectivity index (χ3n) is 3.76. The van der Waals surface area contributed by atoms with E-state index in [9.17, 15) is 0 Å². The van der Waals surface area contributed by atoms with Gasteiger partial charge in [0.1, 0.15) is 0 Å². The van der Waals surface area contributed by atoms with Crippen molar-refractivity contribution in [3.8, 4) is 0 Å². The van der Waals surface area contributed by atoms with E-state index in [0.29, 0.717) is 0 Å². The molecule has 0 amide bonds. The molecule has 0 saturated carbocycles. The molecule has 1 heterocycles. The Morgan fingerprint density at radius 2 is 1.81 bits per heavy atom. The van der Waals surface area contributed by atoms with Gasteiger partial charge in [0.2, 0.25) is 0 Å². The number of ether oxygens (including phenoxy) is 1. The molecule has 1 unspecified atom stereocenters. The molecule has 16 heavy (non-hydrogen) atoms. The minimum absolute atomic E-state index is 0.156. The molecule has 1 aliphatic heterocycles. The van der Waals surface area contributed by atoms with Gasteiger partial charge < -0.3 is 10.1 Å². The van der Waals surface area contributed by atoms with Crippen LogP contribution in [0, 0.1) is 0 Å². The Hall–Kier alpha value is -0.0800. The lowest BCUT2D eigenvalue weighted by molar-refractivity contribution is -0.0748. The highest BCUT2D eigenvalue weighted by molar-refractivity contribution is 4.84. The number of nitrogens with one attached hydrogen (secondary N) is 1. The predicted octanol–water partition coefficient (Wildman–Crippen LogP) is 3.51. The number of unbranched alkanes of at least 4 members (excludes halogenated alkanes) is 5. The zero-order valence-electron chi connectivity index (χ0n) is 11.2. The van der Waals surface area contributed by atoms with Crippen LogP contribution in [-0.2, 0) is 4.74 Å². The number of morpholine rings is 1. The fourth-order valence-corrected chi connectivity index (χ4v) is 2.50. The molecule has 1 saturated heterocycles. The molecular formula is C14H29NO. The minimum atomic E-state index is 0.156. The van der Waals surface area contributed by atoms with Crippen LogP contribution in [-0.4, -0.2) is 25.3 Å². The zero-order chi connectivity index (χ0) is 11.7. The smallest absolute Gasteiger partial charge is 0.0804 e. The average molecular weight is 227 g/mol. The van der Waals surface area contributed by atoms with Crippen molar-refractivity contribution in [1.82, 2.24) is 5.32 Å². The van der Waals surface area contributed by atoms with E-state index in [1.165, 1.54) is 44.9 Å². The fraction of sp³-hybridized carbons (Fsp3) is 1.00. The van der Waals surface area contributed by atoms with Crippen molar-refractivity contribution >= 4 is 0 Å². The Labute approximate surface area is 101 Å². The molecule has 1 aliphatic rings.